The van der Waals surface area contributed by atoms with Crippen molar-refractivity contribution in [2.24, 2.45) is 0 Å². The number of aromatic nitrogens is 4. The highest BCUT2D eigenvalue weighted by Crippen LogP contribution is 2.28. The van der Waals surface area contributed by atoms with E-state index in [4.69, 9.17) is 5.73 Å². The molecule has 1 aliphatic rings. The molecule has 0 aliphatic carbocycles. The van der Waals surface area contributed by atoms with Gasteiger partial charge in [-0.25, -0.2) is 15.0 Å². The van der Waals surface area contributed by atoms with Crippen molar-refractivity contribution in [3.8, 4) is 0 Å². The van der Waals surface area contributed by atoms with Crippen LogP contribution in [0.3, 0.4) is 0 Å². The number of nitrogens with zero attached hydrogens (tertiary/aromatic N) is 4. The summed E-state index contributed by atoms with van der Waals surface area (Å²) in [6.07, 6.45) is 1.56. The first kappa shape index (κ1) is 11.6. The Hall–Kier alpha value is -2.44. The molecule has 1 fully saturated rings. The third kappa shape index (κ3) is 2.26. The minimum Gasteiger partial charge on any atom is -0.369 e. The minimum absolute atomic E-state index is 0.166. The number of hydrogen-bond donors (Lipinski definition) is 2. The number of rotatable bonds is 2. The molecule has 0 radical (unpaired) electrons. The second kappa shape index (κ2) is 4.34. The Morgan fingerprint density at radius 1 is 1.37 bits per heavy atom. The molecule has 3 N–H and O–H groups in total. The first-order valence-electron chi connectivity index (χ1n) is 6.02. The molecule has 0 unspecified atom stereocenters. The summed E-state index contributed by atoms with van der Waals surface area (Å²) in [5, 5.41) is 0. The fourth-order valence-corrected chi connectivity index (χ4v) is 2.17. The predicted octanol–water partition coefficient (Wildman–Crippen LogP) is 0.0543. The molecule has 0 saturated carbocycles. The first-order valence-corrected chi connectivity index (χ1v) is 6.02. The van der Waals surface area contributed by atoms with Crippen LogP contribution in [0.25, 0.3) is 0 Å². The quantitative estimate of drug-likeness (QED) is 0.789. The highest BCUT2D eigenvalue weighted by Gasteiger charge is 2.30. The van der Waals surface area contributed by atoms with Crippen molar-refractivity contribution < 1.29 is 0 Å². The van der Waals surface area contributed by atoms with Crippen LogP contribution in [0.5, 0.6) is 0 Å². The van der Waals surface area contributed by atoms with E-state index < -0.39 is 0 Å². The molecule has 7 nitrogen and oxygen atoms in total. The van der Waals surface area contributed by atoms with Crippen LogP contribution in [0, 0.1) is 6.92 Å². The van der Waals surface area contributed by atoms with Gasteiger partial charge in [-0.3, -0.25) is 9.78 Å². The molecule has 2 aromatic heterocycles. The van der Waals surface area contributed by atoms with Crippen LogP contribution in [0.1, 0.15) is 17.3 Å². The van der Waals surface area contributed by atoms with Gasteiger partial charge in [0.05, 0.1) is 5.69 Å². The summed E-state index contributed by atoms with van der Waals surface area (Å²) >= 11 is 0. The molecule has 0 amide bonds. The van der Waals surface area contributed by atoms with Gasteiger partial charge in [-0.05, 0) is 6.92 Å². The largest absolute Gasteiger partial charge is 0.369 e. The Bertz CT molecular complexity index is 661. The maximum atomic E-state index is 11.3. The SMILES string of the molecule is Cc1cc(N2CC(c3cc(=O)[nH]c(N)n3)C2)ncn1. The summed E-state index contributed by atoms with van der Waals surface area (Å²) in [5.74, 6) is 1.29. The smallest absolute Gasteiger partial charge is 0.252 e. The Morgan fingerprint density at radius 3 is 2.84 bits per heavy atom. The lowest BCUT2D eigenvalue weighted by molar-refractivity contribution is 0.507. The Morgan fingerprint density at radius 2 is 2.16 bits per heavy atom. The van der Waals surface area contributed by atoms with Gasteiger partial charge in [0, 0.05) is 36.8 Å². The molecule has 0 bridgehead atoms. The van der Waals surface area contributed by atoms with E-state index in [0.29, 0.717) is 0 Å². The zero-order chi connectivity index (χ0) is 13.4. The molecular formula is C12H14N6O. The van der Waals surface area contributed by atoms with Gasteiger partial charge < -0.3 is 10.6 Å². The summed E-state index contributed by atoms with van der Waals surface area (Å²) in [7, 11) is 0. The second-order valence-corrected chi connectivity index (χ2v) is 4.67. The number of aryl methyl sites for hydroxylation is 1. The average Bonchev–Trinajstić information content (AvgIpc) is 2.25. The van der Waals surface area contributed by atoms with Gasteiger partial charge in [0.15, 0.2) is 0 Å². The molecule has 0 atom stereocenters. The highest BCUT2D eigenvalue weighted by atomic mass is 16.1. The van der Waals surface area contributed by atoms with E-state index in [-0.39, 0.29) is 17.4 Å². The highest BCUT2D eigenvalue weighted by molar-refractivity contribution is 5.44. The Balaban J connectivity index is 1.74. The molecule has 1 saturated heterocycles. The number of anilines is 2. The second-order valence-electron chi connectivity index (χ2n) is 4.67. The zero-order valence-corrected chi connectivity index (χ0v) is 10.5. The lowest BCUT2D eigenvalue weighted by atomic mass is 9.96. The van der Waals surface area contributed by atoms with Gasteiger partial charge in [-0.2, -0.15) is 0 Å². The molecule has 98 valence electrons. The van der Waals surface area contributed by atoms with Gasteiger partial charge in [-0.15, -0.1) is 0 Å². The van der Waals surface area contributed by atoms with Gasteiger partial charge in [-0.1, -0.05) is 0 Å². The fourth-order valence-electron chi connectivity index (χ4n) is 2.17. The number of nitrogen functional groups attached to an aromatic ring is 1. The zero-order valence-electron chi connectivity index (χ0n) is 10.5. The van der Waals surface area contributed by atoms with Crippen LogP contribution < -0.4 is 16.2 Å². The van der Waals surface area contributed by atoms with Crippen LogP contribution in [0.15, 0.2) is 23.3 Å². The van der Waals surface area contributed by atoms with Gasteiger partial charge in [0.1, 0.15) is 12.1 Å². The molecule has 1 aliphatic heterocycles. The fraction of sp³-hybridized carbons (Fsp3) is 0.333. The standard InChI is InChI=1S/C12H14N6O/c1-7-2-10(15-6-14-7)18-4-8(5-18)9-3-11(19)17-12(13)16-9/h2-3,6,8H,4-5H2,1H3,(H3,13,16,17,19). The van der Waals surface area contributed by atoms with E-state index >= 15 is 0 Å². The molecule has 0 aromatic carbocycles. The maximum Gasteiger partial charge on any atom is 0.252 e. The summed E-state index contributed by atoms with van der Waals surface area (Å²) in [4.78, 5) is 28.4. The van der Waals surface area contributed by atoms with E-state index in [2.05, 4.69) is 24.8 Å². The third-order valence-corrected chi connectivity index (χ3v) is 3.19. The van der Waals surface area contributed by atoms with Crippen molar-refractivity contribution in [1.82, 2.24) is 19.9 Å². The van der Waals surface area contributed by atoms with E-state index in [1.807, 2.05) is 13.0 Å². The summed E-state index contributed by atoms with van der Waals surface area (Å²) in [5.41, 5.74) is 7.01. The van der Waals surface area contributed by atoms with Crippen LogP contribution in [-0.4, -0.2) is 33.0 Å². The van der Waals surface area contributed by atoms with E-state index in [9.17, 15) is 4.79 Å². The topological polar surface area (TPSA) is 101 Å². The third-order valence-electron chi connectivity index (χ3n) is 3.19. The molecule has 2 aromatic rings. The van der Waals surface area contributed by atoms with Crippen molar-refractivity contribution >= 4 is 11.8 Å². The van der Waals surface area contributed by atoms with Gasteiger partial charge in [0.25, 0.3) is 5.56 Å². The Labute approximate surface area is 109 Å². The number of H-pyrrole nitrogens is 1. The van der Waals surface area contributed by atoms with Gasteiger partial charge in [0.2, 0.25) is 5.95 Å². The molecule has 0 spiro atoms. The molecule has 19 heavy (non-hydrogen) atoms. The number of aromatic amines is 1. The number of nitrogens with one attached hydrogen (secondary N) is 1. The normalized spacial score (nSPS) is 15.3. The lowest BCUT2D eigenvalue weighted by Gasteiger charge is -2.39. The number of hydrogen-bond acceptors (Lipinski definition) is 6. The van der Waals surface area contributed by atoms with Crippen LogP contribution in [-0.2, 0) is 0 Å². The van der Waals surface area contributed by atoms with E-state index in [1.54, 1.807) is 6.33 Å². The molecule has 3 heterocycles. The first-order chi connectivity index (χ1) is 9.11. The average molecular weight is 258 g/mol. The van der Waals surface area contributed by atoms with Crippen molar-refractivity contribution in [3.05, 3.63) is 40.2 Å². The predicted molar refractivity (Wildman–Crippen MR) is 71.0 cm³/mol. The molecular weight excluding hydrogens is 244 g/mol. The summed E-state index contributed by atoms with van der Waals surface area (Å²) in [6.45, 7) is 3.50. The summed E-state index contributed by atoms with van der Waals surface area (Å²) < 4.78 is 0. The molecule has 3 rings (SSSR count). The van der Waals surface area contributed by atoms with Crippen LogP contribution in [0.4, 0.5) is 11.8 Å². The Kier molecular flexibility index (Phi) is 2.66. The maximum absolute atomic E-state index is 11.3. The van der Waals surface area contributed by atoms with Crippen molar-refractivity contribution in [2.75, 3.05) is 23.7 Å². The van der Waals surface area contributed by atoms with E-state index in [1.165, 1.54) is 6.07 Å². The van der Waals surface area contributed by atoms with Crippen molar-refractivity contribution in [1.29, 1.82) is 0 Å². The van der Waals surface area contributed by atoms with Crippen molar-refractivity contribution in [2.45, 2.75) is 12.8 Å². The van der Waals surface area contributed by atoms with Crippen LogP contribution in [0.2, 0.25) is 0 Å². The summed E-state index contributed by atoms with van der Waals surface area (Å²) in [6, 6.07) is 3.44. The minimum atomic E-state index is -0.209. The van der Waals surface area contributed by atoms with Crippen molar-refractivity contribution in [3.63, 3.8) is 0 Å². The van der Waals surface area contributed by atoms with E-state index in [0.717, 1.165) is 30.3 Å². The monoisotopic (exact) mass is 258 g/mol. The lowest BCUT2D eigenvalue weighted by Crippen LogP contribution is -2.46. The van der Waals surface area contributed by atoms with Crippen LogP contribution >= 0.6 is 0 Å². The number of nitrogens with two attached hydrogens (primary N) is 1. The molecule has 7 heteroatoms. The van der Waals surface area contributed by atoms with Gasteiger partial charge >= 0.3 is 0 Å².